The van der Waals surface area contributed by atoms with Gasteiger partial charge in [0.1, 0.15) is 11.8 Å². The van der Waals surface area contributed by atoms with Gasteiger partial charge in [0.25, 0.3) is 0 Å². The predicted molar refractivity (Wildman–Crippen MR) is 122 cm³/mol. The molecule has 0 aliphatic rings. The molecule has 0 spiro atoms. The van der Waals surface area contributed by atoms with Gasteiger partial charge in [0.15, 0.2) is 0 Å². The van der Waals surface area contributed by atoms with Crippen LogP contribution in [0.15, 0.2) is 78.9 Å². The van der Waals surface area contributed by atoms with Crippen molar-refractivity contribution in [2.75, 3.05) is 14.2 Å². The van der Waals surface area contributed by atoms with Gasteiger partial charge >= 0.3 is 0 Å². The maximum absolute atomic E-state index is 13.4. The fraction of sp³-hybridized carbons (Fsp3) is 0.200. The van der Waals surface area contributed by atoms with Crippen molar-refractivity contribution in [2.24, 2.45) is 0 Å². The number of benzene rings is 3. The van der Waals surface area contributed by atoms with E-state index in [1.165, 1.54) is 0 Å². The third-order valence-electron chi connectivity index (χ3n) is 5.02. The fourth-order valence-corrected chi connectivity index (χ4v) is 3.50. The summed E-state index contributed by atoms with van der Waals surface area (Å²) in [4.78, 5) is 28.0. The van der Waals surface area contributed by atoms with Crippen molar-refractivity contribution in [2.45, 2.75) is 19.0 Å². The smallest absolute Gasteiger partial charge is 0.247 e. The molecule has 1 N–H and O–H groups in total. The van der Waals surface area contributed by atoms with Crippen molar-refractivity contribution < 1.29 is 14.3 Å². The summed E-state index contributed by atoms with van der Waals surface area (Å²) < 4.78 is 5.23. The topological polar surface area (TPSA) is 58.6 Å². The lowest BCUT2D eigenvalue weighted by Crippen LogP contribution is -2.43. The normalized spacial score (nSPS) is 11.5. The molecule has 0 saturated heterocycles. The quantitative estimate of drug-likeness (QED) is 0.569. The molecule has 2 amide bonds. The summed E-state index contributed by atoms with van der Waals surface area (Å²) in [7, 11) is 3.18. The van der Waals surface area contributed by atoms with Gasteiger partial charge in [-0.2, -0.15) is 0 Å². The molecule has 6 heteroatoms. The van der Waals surface area contributed by atoms with Gasteiger partial charge in [-0.15, -0.1) is 0 Å². The van der Waals surface area contributed by atoms with E-state index in [1.807, 2.05) is 66.7 Å². The van der Waals surface area contributed by atoms with Gasteiger partial charge in [-0.25, -0.2) is 0 Å². The van der Waals surface area contributed by atoms with Gasteiger partial charge in [-0.1, -0.05) is 66.2 Å². The third-order valence-corrected chi connectivity index (χ3v) is 5.27. The van der Waals surface area contributed by atoms with Crippen LogP contribution in [-0.2, 0) is 22.6 Å². The monoisotopic (exact) mass is 436 g/mol. The summed E-state index contributed by atoms with van der Waals surface area (Å²) in [5.41, 5.74) is 2.48. The Morgan fingerprint density at radius 1 is 0.935 bits per heavy atom. The first-order chi connectivity index (χ1) is 15.0. The van der Waals surface area contributed by atoms with E-state index in [0.717, 1.165) is 22.4 Å². The van der Waals surface area contributed by atoms with Crippen LogP contribution >= 0.6 is 11.6 Å². The lowest BCUT2D eigenvalue weighted by molar-refractivity contribution is -0.141. The number of nitrogens with zero attached hydrogens (tertiary/aromatic N) is 1. The van der Waals surface area contributed by atoms with Crippen molar-refractivity contribution in [3.05, 3.63) is 101 Å². The molecule has 0 bridgehead atoms. The molecule has 3 rings (SSSR count). The van der Waals surface area contributed by atoms with Gasteiger partial charge in [0.2, 0.25) is 11.8 Å². The van der Waals surface area contributed by atoms with Gasteiger partial charge in [-0.05, 0) is 41.0 Å². The van der Waals surface area contributed by atoms with Crippen LogP contribution < -0.4 is 10.1 Å². The number of hydrogen-bond acceptors (Lipinski definition) is 3. The van der Waals surface area contributed by atoms with Crippen LogP contribution in [-0.4, -0.2) is 30.9 Å². The van der Waals surface area contributed by atoms with E-state index in [0.29, 0.717) is 5.02 Å². The van der Waals surface area contributed by atoms with Crippen molar-refractivity contribution in [3.8, 4) is 5.75 Å². The van der Waals surface area contributed by atoms with Gasteiger partial charge in [0.05, 0.1) is 13.5 Å². The molecule has 1 atom stereocenters. The van der Waals surface area contributed by atoms with Crippen LogP contribution in [0.25, 0.3) is 0 Å². The molecule has 0 aliphatic carbocycles. The van der Waals surface area contributed by atoms with E-state index in [4.69, 9.17) is 16.3 Å². The molecule has 0 aromatic heterocycles. The Hall–Kier alpha value is -3.31. The third kappa shape index (κ3) is 5.86. The number of likely N-dealkylation sites (N-methyl/N-ethyl adjacent to an activating group) is 1. The SMILES string of the molecule is CNC(=O)[C@H](c1ccccc1)N(Cc1ccc(OC)cc1)C(=O)Cc1ccc(Cl)cc1. The van der Waals surface area contributed by atoms with Gasteiger partial charge < -0.3 is 15.0 Å². The molecule has 160 valence electrons. The van der Waals surface area contributed by atoms with Crippen LogP contribution in [0.3, 0.4) is 0 Å². The predicted octanol–water partition coefficient (Wildman–Crippen LogP) is 4.41. The molecule has 31 heavy (non-hydrogen) atoms. The summed E-state index contributed by atoms with van der Waals surface area (Å²) in [6, 6.07) is 23.2. The van der Waals surface area contributed by atoms with Gasteiger partial charge in [0, 0.05) is 18.6 Å². The van der Waals surface area contributed by atoms with Crippen LogP contribution in [0.4, 0.5) is 0 Å². The molecule has 5 nitrogen and oxygen atoms in total. The average Bonchev–Trinajstić information content (AvgIpc) is 2.81. The van der Waals surface area contributed by atoms with E-state index >= 15 is 0 Å². The molecule has 0 radical (unpaired) electrons. The van der Waals surface area contributed by atoms with Crippen LogP contribution in [0, 0.1) is 0 Å². The second-order valence-electron chi connectivity index (χ2n) is 7.10. The standard InChI is InChI=1S/C25H25ClN2O3/c1-27-25(30)24(20-6-4-3-5-7-20)28(17-19-10-14-22(31-2)15-11-19)23(29)16-18-8-12-21(26)13-9-18/h3-15,24H,16-17H2,1-2H3,(H,27,30)/t24-/m0/s1. The zero-order valence-electron chi connectivity index (χ0n) is 17.5. The Labute approximate surface area is 187 Å². The lowest BCUT2D eigenvalue weighted by Gasteiger charge is -2.31. The maximum Gasteiger partial charge on any atom is 0.247 e. The number of amides is 2. The minimum atomic E-state index is -0.756. The molecule has 0 saturated carbocycles. The first kappa shape index (κ1) is 22.4. The summed E-state index contributed by atoms with van der Waals surface area (Å²) in [5.74, 6) is 0.327. The summed E-state index contributed by atoms with van der Waals surface area (Å²) in [6.07, 6.45) is 0.160. The van der Waals surface area contributed by atoms with E-state index in [-0.39, 0.29) is 24.8 Å². The number of hydrogen-bond donors (Lipinski definition) is 1. The average molecular weight is 437 g/mol. The number of ether oxygens (including phenoxy) is 1. The van der Waals surface area contributed by atoms with E-state index in [1.54, 1.807) is 31.2 Å². The molecule has 0 fully saturated rings. The molecule has 0 aliphatic heterocycles. The molecule has 3 aromatic rings. The molecule has 3 aromatic carbocycles. The second kappa shape index (κ2) is 10.6. The van der Waals surface area contributed by atoms with Crippen molar-refractivity contribution in [3.63, 3.8) is 0 Å². The Kier molecular flexibility index (Phi) is 7.68. The Bertz CT molecular complexity index is 1010. The Balaban J connectivity index is 1.96. The lowest BCUT2D eigenvalue weighted by atomic mass is 10.0. The molecular formula is C25H25ClN2O3. The highest BCUT2D eigenvalue weighted by molar-refractivity contribution is 6.30. The van der Waals surface area contributed by atoms with E-state index in [2.05, 4.69) is 5.32 Å². The number of halogens is 1. The largest absolute Gasteiger partial charge is 0.497 e. The number of rotatable bonds is 8. The van der Waals surface area contributed by atoms with Gasteiger partial charge in [-0.3, -0.25) is 9.59 Å². The zero-order valence-corrected chi connectivity index (χ0v) is 18.3. The van der Waals surface area contributed by atoms with Crippen LogP contribution in [0.2, 0.25) is 5.02 Å². The van der Waals surface area contributed by atoms with E-state index in [9.17, 15) is 9.59 Å². The minimum Gasteiger partial charge on any atom is -0.497 e. The first-order valence-electron chi connectivity index (χ1n) is 9.95. The zero-order chi connectivity index (χ0) is 22.2. The highest BCUT2D eigenvalue weighted by Gasteiger charge is 2.30. The number of methoxy groups -OCH3 is 1. The summed E-state index contributed by atoms with van der Waals surface area (Å²) >= 11 is 5.98. The molecular weight excluding hydrogens is 412 g/mol. The summed E-state index contributed by atoms with van der Waals surface area (Å²) in [6.45, 7) is 0.281. The van der Waals surface area contributed by atoms with Crippen molar-refractivity contribution in [1.82, 2.24) is 10.2 Å². The first-order valence-corrected chi connectivity index (χ1v) is 10.3. The number of carbonyl (C=O) groups excluding carboxylic acids is 2. The van der Waals surface area contributed by atoms with Crippen LogP contribution in [0.1, 0.15) is 22.7 Å². The molecule has 0 unspecified atom stereocenters. The highest BCUT2D eigenvalue weighted by atomic mass is 35.5. The van der Waals surface area contributed by atoms with Crippen LogP contribution in [0.5, 0.6) is 5.75 Å². The fourth-order valence-electron chi connectivity index (χ4n) is 3.37. The number of carbonyl (C=O) groups is 2. The second-order valence-corrected chi connectivity index (χ2v) is 7.54. The maximum atomic E-state index is 13.4. The van der Waals surface area contributed by atoms with Crippen molar-refractivity contribution >= 4 is 23.4 Å². The molecule has 0 heterocycles. The number of nitrogens with one attached hydrogen (secondary N) is 1. The minimum absolute atomic E-state index is 0.157. The van der Waals surface area contributed by atoms with E-state index < -0.39 is 6.04 Å². The Morgan fingerprint density at radius 3 is 2.13 bits per heavy atom. The Morgan fingerprint density at radius 2 is 1.55 bits per heavy atom. The highest BCUT2D eigenvalue weighted by Crippen LogP contribution is 2.25. The van der Waals surface area contributed by atoms with Crippen molar-refractivity contribution in [1.29, 1.82) is 0 Å². The summed E-state index contributed by atoms with van der Waals surface area (Å²) in [5, 5.41) is 3.31.